The number of amides is 2. The molecule has 0 radical (unpaired) electrons. The number of benzene rings is 1. The zero-order valence-corrected chi connectivity index (χ0v) is 14.1. The fourth-order valence-corrected chi connectivity index (χ4v) is 2.89. The summed E-state index contributed by atoms with van der Waals surface area (Å²) in [5.41, 5.74) is -0.492. The maximum absolute atomic E-state index is 11.8. The Labute approximate surface area is 143 Å². The van der Waals surface area contributed by atoms with E-state index >= 15 is 0 Å². The van der Waals surface area contributed by atoms with Crippen molar-refractivity contribution in [1.29, 1.82) is 0 Å². The first-order chi connectivity index (χ1) is 10.9. The molecule has 2 amide bonds. The van der Waals surface area contributed by atoms with Crippen molar-refractivity contribution in [2.45, 2.75) is 19.1 Å². The van der Waals surface area contributed by atoms with Crippen molar-refractivity contribution in [2.75, 3.05) is 6.54 Å². The van der Waals surface area contributed by atoms with Gasteiger partial charge in [0, 0.05) is 16.4 Å². The minimum atomic E-state index is -1.22. The van der Waals surface area contributed by atoms with E-state index in [1.165, 1.54) is 11.3 Å². The number of carbonyl (C=O) groups excluding carboxylic acids is 2. The molecule has 0 fully saturated rings. The fourth-order valence-electron chi connectivity index (χ4n) is 1.90. The highest BCUT2D eigenvalue weighted by molar-refractivity contribution is 7.10. The summed E-state index contributed by atoms with van der Waals surface area (Å²) in [5, 5.41) is 17.6. The molecule has 1 aromatic carbocycles. The average Bonchev–Trinajstić information content (AvgIpc) is 3.07. The van der Waals surface area contributed by atoms with Crippen molar-refractivity contribution in [3.05, 3.63) is 57.2 Å². The number of rotatable bonds is 5. The first-order valence-corrected chi connectivity index (χ1v) is 8.22. The van der Waals surface area contributed by atoms with E-state index in [1.807, 2.05) is 11.4 Å². The largest absolute Gasteiger partial charge is 0.383 e. The first-order valence-electron chi connectivity index (χ1n) is 6.96. The Balaban J connectivity index is 1.84. The van der Waals surface area contributed by atoms with Crippen LogP contribution in [-0.4, -0.2) is 23.5 Å². The molecule has 1 heterocycles. The van der Waals surface area contributed by atoms with Crippen molar-refractivity contribution in [1.82, 2.24) is 10.6 Å². The van der Waals surface area contributed by atoms with E-state index in [1.54, 1.807) is 37.3 Å². The summed E-state index contributed by atoms with van der Waals surface area (Å²) >= 11 is 7.36. The summed E-state index contributed by atoms with van der Waals surface area (Å²) in [6.45, 7) is 1.69. The van der Waals surface area contributed by atoms with Gasteiger partial charge < -0.3 is 15.7 Å². The average molecular weight is 353 g/mol. The Bertz CT molecular complexity index is 686. The third kappa shape index (κ3) is 4.79. The molecule has 2 rings (SSSR count). The number of hydrogen-bond donors (Lipinski definition) is 3. The maximum Gasteiger partial charge on any atom is 0.309 e. The molecule has 122 valence electrons. The van der Waals surface area contributed by atoms with E-state index in [0.29, 0.717) is 9.90 Å². The van der Waals surface area contributed by atoms with Gasteiger partial charge in [-0.05, 0) is 30.0 Å². The van der Waals surface area contributed by atoms with Gasteiger partial charge >= 0.3 is 11.8 Å². The van der Waals surface area contributed by atoms with E-state index in [9.17, 15) is 14.7 Å². The molecule has 0 aliphatic heterocycles. The lowest BCUT2D eigenvalue weighted by Gasteiger charge is -2.22. The molecule has 0 aliphatic carbocycles. The Morgan fingerprint density at radius 3 is 2.52 bits per heavy atom. The molecule has 0 spiro atoms. The minimum absolute atomic E-state index is 0.0497. The summed E-state index contributed by atoms with van der Waals surface area (Å²) < 4.78 is 0. The molecule has 7 heteroatoms. The molecule has 0 bridgehead atoms. The van der Waals surface area contributed by atoms with Crippen LogP contribution in [0.5, 0.6) is 0 Å². The summed E-state index contributed by atoms with van der Waals surface area (Å²) in [6.07, 6.45) is 0. The lowest BCUT2D eigenvalue weighted by Crippen LogP contribution is -2.45. The second-order valence-electron chi connectivity index (χ2n) is 5.21. The van der Waals surface area contributed by atoms with Crippen molar-refractivity contribution in [2.24, 2.45) is 0 Å². The third-order valence-corrected chi connectivity index (χ3v) is 4.74. The van der Waals surface area contributed by atoms with Gasteiger partial charge in [-0.1, -0.05) is 35.9 Å². The summed E-state index contributed by atoms with van der Waals surface area (Å²) in [5.74, 6) is -1.57. The number of hydrogen-bond acceptors (Lipinski definition) is 4. The molecule has 0 unspecified atom stereocenters. The van der Waals surface area contributed by atoms with Crippen molar-refractivity contribution in [3.63, 3.8) is 0 Å². The van der Waals surface area contributed by atoms with Crippen LogP contribution >= 0.6 is 22.9 Å². The van der Waals surface area contributed by atoms with Gasteiger partial charge in [-0.15, -0.1) is 11.3 Å². The van der Waals surface area contributed by atoms with Gasteiger partial charge in [0.15, 0.2) is 0 Å². The molecule has 2 aromatic rings. The van der Waals surface area contributed by atoms with Crippen molar-refractivity contribution < 1.29 is 14.7 Å². The molecule has 0 saturated heterocycles. The van der Waals surface area contributed by atoms with E-state index in [2.05, 4.69) is 10.6 Å². The Morgan fingerprint density at radius 2 is 1.87 bits per heavy atom. The molecule has 1 aromatic heterocycles. The van der Waals surface area contributed by atoms with Gasteiger partial charge in [0.2, 0.25) is 0 Å². The lowest BCUT2D eigenvalue weighted by molar-refractivity contribution is -0.139. The van der Waals surface area contributed by atoms with Crippen LogP contribution in [0.2, 0.25) is 5.02 Å². The number of thiophene rings is 1. The molecule has 23 heavy (non-hydrogen) atoms. The van der Waals surface area contributed by atoms with Crippen LogP contribution in [-0.2, 0) is 21.7 Å². The first kappa shape index (κ1) is 17.5. The van der Waals surface area contributed by atoms with Crippen molar-refractivity contribution in [3.8, 4) is 0 Å². The monoisotopic (exact) mass is 352 g/mol. The zero-order valence-electron chi connectivity index (χ0n) is 12.5. The second-order valence-corrected chi connectivity index (χ2v) is 6.56. The van der Waals surface area contributed by atoms with Gasteiger partial charge in [0.1, 0.15) is 5.60 Å². The van der Waals surface area contributed by atoms with Gasteiger partial charge in [0.25, 0.3) is 0 Å². The second kappa shape index (κ2) is 7.59. The van der Waals surface area contributed by atoms with Gasteiger partial charge in [-0.25, -0.2) is 0 Å². The molecule has 3 N–H and O–H groups in total. The Hall–Kier alpha value is -1.89. The smallest absolute Gasteiger partial charge is 0.309 e. The summed E-state index contributed by atoms with van der Waals surface area (Å²) in [6, 6.07) is 10.6. The fraction of sp³-hybridized carbons (Fsp3) is 0.250. The highest BCUT2D eigenvalue weighted by Gasteiger charge is 2.26. The summed E-state index contributed by atoms with van der Waals surface area (Å²) in [4.78, 5) is 24.3. The van der Waals surface area contributed by atoms with Gasteiger partial charge in [-0.3, -0.25) is 9.59 Å². The quantitative estimate of drug-likeness (QED) is 0.720. The Morgan fingerprint density at radius 1 is 1.17 bits per heavy atom. The van der Waals surface area contributed by atoms with Crippen LogP contribution in [0.4, 0.5) is 0 Å². The zero-order chi connectivity index (χ0) is 16.9. The van der Waals surface area contributed by atoms with E-state index in [0.717, 1.165) is 5.56 Å². The van der Waals surface area contributed by atoms with Crippen molar-refractivity contribution >= 4 is 34.8 Å². The number of halogens is 1. The van der Waals surface area contributed by atoms with E-state index < -0.39 is 17.4 Å². The van der Waals surface area contributed by atoms with Crippen LogP contribution < -0.4 is 10.6 Å². The highest BCUT2D eigenvalue weighted by Crippen LogP contribution is 2.24. The van der Waals surface area contributed by atoms with Crippen LogP contribution in [0.1, 0.15) is 17.4 Å². The maximum atomic E-state index is 11.8. The van der Waals surface area contributed by atoms with Crippen LogP contribution in [0.15, 0.2) is 41.8 Å². The molecular weight excluding hydrogens is 336 g/mol. The third-order valence-electron chi connectivity index (χ3n) is 3.25. The normalized spacial score (nSPS) is 13.2. The SMILES string of the molecule is C[C@](O)(CNC(=O)C(=O)NCc1ccccc1Cl)c1cccs1. The topological polar surface area (TPSA) is 78.4 Å². The molecule has 5 nitrogen and oxygen atoms in total. The molecular formula is C16H17ClN2O3S. The molecule has 0 aliphatic rings. The predicted octanol–water partition coefficient (Wildman–Crippen LogP) is 2.04. The van der Waals surface area contributed by atoms with Crippen LogP contribution in [0.25, 0.3) is 0 Å². The van der Waals surface area contributed by atoms with Crippen LogP contribution in [0.3, 0.4) is 0 Å². The Kier molecular flexibility index (Phi) is 5.76. The number of carbonyl (C=O) groups is 2. The standard InChI is InChI=1S/C16H17ClN2O3S/c1-16(22,13-7-4-8-23-13)10-19-15(21)14(20)18-9-11-5-2-3-6-12(11)17/h2-8,22H,9-10H2,1H3,(H,18,20)(H,19,21)/t16-/m0/s1. The van der Waals surface area contributed by atoms with E-state index in [-0.39, 0.29) is 13.1 Å². The van der Waals surface area contributed by atoms with E-state index in [4.69, 9.17) is 11.6 Å². The predicted molar refractivity (Wildman–Crippen MR) is 90.2 cm³/mol. The molecule has 0 saturated carbocycles. The molecule has 1 atom stereocenters. The highest BCUT2D eigenvalue weighted by atomic mass is 35.5. The lowest BCUT2D eigenvalue weighted by atomic mass is 10.1. The minimum Gasteiger partial charge on any atom is -0.383 e. The number of nitrogens with one attached hydrogen (secondary N) is 2. The number of aliphatic hydroxyl groups is 1. The van der Waals surface area contributed by atoms with Gasteiger partial charge in [-0.2, -0.15) is 0 Å². The summed E-state index contributed by atoms with van der Waals surface area (Å²) in [7, 11) is 0. The van der Waals surface area contributed by atoms with Crippen LogP contribution in [0, 0.1) is 0 Å². The van der Waals surface area contributed by atoms with Gasteiger partial charge in [0.05, 0.1) is 6.54 Å².